The molecule has 0 bridgehead atoms. The highest BCUT2D eigenvalue weighted by molar-refractivity contribution is 7.80. The standard InChI is InChI=1S/C23H21N3O3S/c1-16-6-8-17(9-7-16)10-13-21(27)24-23(30)26-25-22(28)15-29-20-12-11-18-4-2-3-5-19(18)14-20/h2-14H,15H2,1H3,(H,25,28)(H2,24,26,27,30)/b13-10+. The highest BCUT2D eigenvalue weighted by Crippen LogP contribution is 2.20. The summed E-state index contributed by atoms with van der Waals surface area (Å²) >= 11 is 4.99. The monoisotopic (exact) mass is 419 g/mol. The molecular formula is C23H21N3O3S. The molecule has 3 aromatic carbocycles. The molecule has 30 heavy (non-hydrogen) atoms. The SMILES string of the molecule is Cc1ccc(/C=C/C(=O)NC(=S)NNC(=O)COc2ccc3ccccc3c2)cc1. The number of thiocarbonyl (C=S) groups is 1. The van der Waals surface area contributed by atoms with Gasteiger partial charge in [-0.3, -0.25) is 25.8 Å². The molecule has 0 saturated carbocycles. The van der Waals surface area contributed by atoms with E-state index in [2.05, 4.69) is 16.2 Å². The van der Waals surface area contributed by atoms with Crippen molar-refractivity contribution in [2.75, 3.05) is 6.61 Å². The Balaban J connectivity index is 1.39. The van der Waals surface area contributed by atoms with Crippen molar-refractivity contribution in [2.45, 2.75) is 6.92 Å². The van der Waals surface area contributed by atoms with Crippen LogP contribution in [0.25, 0.3) is 16.8 Å². The summed E-state index contributed by atoms with van der Waals surface area (Å²) in [6.07, 6.45) is 3.04. The first-order chi connectivity index (χ1) is 14.5. The summed E-state index contributed by atoms with van der Waals surface area (Å²) in [5, 5.41) is 4.54. The number of hydrazine groups is 1. The Morgan fingerprint density at radius 1 is 0.967 bits per heavy atom. The van der Waals surface area contributed by atoms with Crippen molar-refractivity contribution in [3.05, 3.63) is 83.9 Å². The Labute approximate surface area is 179 Å². The van der Waals surface area contributed by atoms with E-state index in [1.54, 1.807) is 12.1 Å². The van der Waals surface area contributed by atoms with E-state index < -0.39 is 11.8 Å². The van der Waals surface area contributed by atoms with Crippen molar-refractivity contribution in [1.82, 2.24) is 16.2 Å². The highest BCUT2D eigenvalue weighted by Gasteiger charge is 2.06. The van der Waals surface area contributed by atoms with Gasteiger partial charge >= 0.3 is 0 Å². The Bertz CT molecular complexity index is 1090. The Morgan fingerprint density at radius 2 is 1.70 bits per heavy atom. The molecule has 7 heteroatoms. The van der Waals surface area contributed by atoms with Gasteiger partial charge in [0.05, 0.1) is 0 Å². The second-order valence-electron chi connectivity index (χ2n) is 6.53. The third kappa shape index (κ3) is 6.42. The average Bonchev–Trinajstić information content (AvgIpc) is 2.75. The smallest absolute Gasteiger partial charge is 0.276 e. The van der Waals surface area contributed by atoms with Crippen molar-refractivity contribution in [3.63, 3.8) is 0 Å². The van der Waals surface area contributed by atoms with Gasteiger partial charge in [-0.05, 0) is 53.7 Å². The van der Waals surface area contributed by atoms with Crippen molar-refractivity contribution >= 4 is 46.0 Å². The van der Waals surface area contributed by atoms with Crippen LogP contribution in [0.3, 0.4) is 0 Å². The summed E-state index contributed by atoms with van der Waals surface area (Å²) < 4.78 is 5.49. The van der Waals surface area contributed by atoms with E-state index in [1.807, 2.05) is 67.6 Å². The van der Waals surface area contributed by atoms with E-state index >= 15 is 0 Å². The molecule has 0 atom stereocenters. The van der Waals surface area contributed by atoms with Crippen LogP contribution in [-0.2, 0) is 9.59 Å². The van der Waals surface area contributed by atoms with Gasteiger partial charge < -0.3 is 4.74 Å². The summed E-state index contributed by atoms with van der Waals surface area (Å²) in [6.45, 7) is 1.79. The summed E-state index contributed by atoms with van der Waals surface area (Å²) in [5.41, 5.74) is 6.89. The van der Waals surface area contributed by atoms with Crippen molar-refractivity contribution in [2.24, 2.45) is 0 Å². The molecule has 0 unspecified atom stereocenters. The normalized spacial score (nSPS) is 10.6. The molecule has 0 saturated heterocycles. The molecule has 0 heterocycles. The highest BCUT2D eigenvalue weighted by atomic mass is 32.1. The second kappa shape index (κ2) is 10.2. The number of rotatable bonds is 5. The minimum atomic E-state index is -0.435. The maximum absolute atomic E-state index is 11.9. The minimum absolute atomic E-state index is 0.0207. The lowest BCUT2D eigenvalue weighted by atomic mass is 10.1. The molecule has 0 aliphatic heterocycles. The average molecular weight is 420 g/mol. The van der Waals surface area contributed by atoms with E-state index in [4.69, 9.17) is 17.0 Å². The van der Waals surface area contributed by atoms with Crippen molar-refractivity contribution < 1.29 is 14.3 Å². The Hall–Kier alpha value is -3.71. The maximum atomic E-state index is 11.9. The first-order valence-corrected chi connectivity index (χ1v) is 9.66. The first kappa shape index (κ1) is 21.0. The van der Waals surface area contributed by atoms with Gasteiger partial charge in [0.1, 0.15) is 5.75 Å². The van der Waals surface area contributed by atoms with Crippen LogP contribution in [0, 0.1) is 6.92 Å². The maximum Gasteiger partial charge on any atom is 0.276 e. The molecule has 152 valence electrons. The van der Waals surface area contributed by atoms with Gasteiger partial charge in [0.25, 0.3) is 5.91 Å². The number of hydrogen-bond acceptors (Lipinski definition) is 4. The topological polar surface area (TPSA) is 79.5 Å². The zero-order chi connectivity index (χ0) is 21.3. The number of carbonyl (C=O) groups excluding carboxylic acids is 2. The number of nitrogens with one attached hydrogen (secondary N) is 3. The summed E-state index contributed by atoms with van der Waals surface area (Å²) in [6, 6.07) is 21.2. The Morgan fingerprint density at radius 3 is 2.47 bits per heavy atom. The molecule has 0 aliphatic rings. The Kier molecular flexibility index (Phi) is 7.13. The molecule has 0 radical (unpaired) electrons. The van der Waals surface area contributed by atoms with Gasteiger partial charge in [-0.25, -0.2) is 0 Å². The van der Waals surface area contributed by atoms with Gasteiger partial charge in [-0.1, -0.05) is 60.2 Å². The minimum Gasteiger partial charge on any atom is -0.484 e. The van der Waals surface area contributed by atoms with Gasteiger partial charge in [0, 0.05) is 6.08 Å². The van der Waals surface area contributed by atoms with E-state index in [9.17, 15) is 9.59 Å². The molecule has 3 rings (SSSR count). The molecule has 0 aliphatic carbocycles. The van der Waals surface area contributed by atoms with Crippen molar-refractivity contribution in [1.29, 1.82) is 0 Å². The van der Waals surface area contributed by atoms with Gasteiger partial charge in [-0.15, -0.1) is 0 Å². The zero-order valence-corrected chi connectivity index (χ0v) is 17.2. The molecule has 0 aromatic heterocycles. The third-order valence-electron chi connectivity index (χ3n) is 4.15. The van der Waals surface area contributed by atoms with Crippen LogP contribution >= 0.6 is 12.2 Å². The fourth-order valence-corrected chi connectivity index (χ4v) is 2.75. The molecule has 2 amide bonds. The van der Waals surface area contributed by atoms with E-state index in [0.717, 1.165) is 21.9 Å². The van der Waals surface area contributed by atoms with Crippen LogP contribution in [0.4, 0.5) is 0 Å². The lowest BCUT2D eigenvalue weighted by molar-refractivity contribution is -0.123. The van der Waals surface area contributed by atoms with Gasteiger partial charge in [0.15, 0.2) is 11.7 Å². The summed E-state index contributed by atoms with van der Waals surface area (Å²) in [7, 11) is 0. The quantitative estimate of drug-likeness (QED) is 0.336. The number of carbonyl (C=O) groups is 2. The van der Waals surface area contributed by atoms with E-state index in [1.165, 1.54) is 6.08 Å². The number of ether oxygens (including phenoxy) is 1. The molecule has 0 fully saturated rings. The molecule has 6 nitrogen and oxygen atoms in total. The summed E-state index contributed by atoms with van der Waals surface area (Å²) in [4.78, 5) is 23.8. The zero-order valence-electron chi connectivity index (χ0n) is 16.3. The fraction of sp³-hybridized carbons (Fsp3) is 0.0870. The lowest BCUT2D eigenvalue weighted by Gasteiger charge is -2.11. The van der Waals surface area contributed by atoms with Crippen LogP contribution < -0.4 is 20.9 Å². The fourth-order valence-electron chi connectivity index (χ4n) is 2.60. The number of aryl methyl sites for hydroxylation is 1. The number of hydrogen-bond donors (Lipinski definition) is 3. The van der Waals surface area contributed by atoms with E-state index in [-0.39, 0.29) is 11.7 Å². The number of fused-ring (bicyclic) bond motifs is 1. The van der Waals surface area contributed by atoms with Crippen LogP contribution in [0.15, 0.2) is 72.8 Å². The van der Waals surface area contributed by atoms with E-state index in [0.29, 0.717) is 5.75 Å². The number of amides is 2. The predicted molar refractivity (Wildman–Crippen MR) is 122 cm³/mol. The van der Waals surface area contributed by atoms with Crippen LogP contribution in [0.2, 0.25) is 0 Å². The van der Waals surface area contributed by atoms with Crippen LogP contribution in [-0.4, -0.2) is 23.5 Å². The molecule has 0 spiro atoms. The van der Waals surface area contributed by atoms with Gasteiger partial charge in [-0.2, -0.15) is 0 Å². The van der Waals surface area contributed by atoms with Crippen LogP contribution in [0.1, 0.15) is 11.1 Å². The number of benzene rings is 3. The van der Waals surface area contributed by atoms with Crippen LogP contribution in [0.5, 0.6) is 5.75 Å². The van der Waals surface area contributed by atoms with Crippen molar-refractivity contribution in [3.8, 4) is 5.75 Å². The van der Waals surface area contributed by atoms with Gasteiger partial charge in [0.2, 0.25) is 5.91 Å². The second-order valence-corrected chi connectivity index (χ2v) is 6.94. The summed E-state index contributed by atoms with van der Waals surface area (Å²) in [5.74, 6) is -0.259. The lowest BCUT2D eigenvalue weighted by Crippen LogP contribution is -2.49. The molecule has 3 N–H and O–H groups in total. The predicted octanol–water partition coefficient (Wildman–Crippen LogP) is 3.26. The largest absolute Gasteiger partial charge is 0.484 e. The first-order valence-electron chi connectivity index (χ1n) is 9.26. The molecule has 3 aromatic rings. The molecular weight excluding hydrogens is 398 g/mol. The third-order valence-corrected chi connectivity index (χ3v) is 4.35.